The van der Waals surface area contributed by atoms with E-state index in [0.717, 1.165) is 36.0 Å². The summed E-state index contributed by atoms with van der Waals surface area (Å²) in [5.41, 5.74) is 2.79. The Morgan fingerprint density at radius 1 is 1.19 bits per heavy atom. The summed E-state index contributed by atoms with van der Waals surface area (Å²) in [6, 6.07) is 3.75. The third-order valence-corrected chi connectivity index (χ3v) is 2.81. The lowest BCUT2D eigenvalue weighted by Gasteiger charge is -2.19. The van der Waals surface area contributed by atoms with Crippen LogP contribution < -0.4 is 4.74 Å². The number of aldehydes is 1. The molecule has 16 heavy (non-hydrogen) atoms. The summed E-state index contributed by atoms with van der Waals surface area (Å²) < 4.78 is 5.96. The molecule has 0 aliphatic rings. The second-order valence-corrected chi connectivity index (χ2v) is 4.16. The van der Waals surface area contributed by atoms with Gasteiger partial charge in [0.25, 0.3) is 0 Å². The molecule has 0 fully saturated rings. The van der Waals surface area contributed by atoms with Crippen LogP contribution in [0.1, 0.15) is 48.2 Å². The van der Waals surface area contributed by atoms with Crippen LogP contribution in [0.25, 0.3) is 0 Å². The first-order chi connectivity index (χ1) is 7.62. The Balaban J connectivity index is 3.00. The normalized spacial score (nSPS) is 10.6. The first kappa shape index (κ1) is 12.8. The van der Waals surface area contributed by atoms with E-state index in [1.165, 1.54) is 0 Å². The van der Waals surface area contributed by atoms with Crippen molar-refractivity contribution < 1.29 is 9.53 Å². The lowest BCUT2D eigenvalue weighted by Crippen LogP contribution is -2.15. The number of carbonyl (C=O) groups excluding carboxylic acids is 1. The third-order valence-electron chi connectivity index (χ3n) is 2.81. The largest absolute Gasteiger partial charge is 0.490 e. The molecule has 1 aromatic rings. The van der Waals surface area contributed by atoms with Crippen molar-refractivity contribution in [2.75, 3.05) is 0 Å². The molecule has 0 heterocycles. The molecule has 0 N–H and O–H groups in total. The van der Waals surface area contributed by atoms with Crippen LogP contribution in [0.5, 0.6) is 5.75 Å². The van der Waals surface area contributed by atoms with Crippen LogP contribution >= 0.6 is 0 Å². The molecular formula is C14H20O2. The van der Waals surface area contributed by atoms with Crippen molar-refractivity contribution >= 4 is 6.29 Å². The molecule has 0 radical (unpaired) electrons. The number of hydrogen-bond donors (Lipinski definition) is 0. The zero-order chi connectivity index (χ0) is 12.1. The summed E-state index contributed by atoms with van der Waals surface area (Å²) in [6.07, 6.45) is 3.15. The standard InChI is InChI=1S/C14H20O2/c1-5-13(6-2)16-14-10(3)7-12(9-15)8-11(14)4/h7-9,13H,5-6H2,1-4H3. The maximum absolute atomic E-state index is 10.7. The zero-order valence-electron chi connectivity index (χ0n) is 10.5. The Morgan fingerprint density at radius 3 is 2.06 bits per heavy atom. The summed E-state index contributed by atoms with van der Waals surface area (Å²) in [6.45, 7) is 8.21. The van der Waals surface area contributed by atoms with Crippen molar-refractivity contribution in [2.24, 2.45) is 0 Å². The fourth-order valence-corrected chi connectivity index (χ4v) is 1.86. The summed E-state index contributed by atoms with van der Waals surface area (Å²) in [7, 11) is 0. The van der Waals surface area contributed by atoms with Crippen molar-refractivity contribution in [3.05, 3.63) is 28.8 Å². The van der Waals surface area contributed by atoms with E-state index in [0.29, 0.717) is 5.56 Å². The molecule has 1 aromatic carbocycles. The molecule has 2 heteroatoms. The van der Waals surface area contributed by atoms with E-state index in [4.69, 9.17) is 4.74 Å². The minimum absolute atomic E-state index is 0.263. The quantitative estimate of drug-likeness (QED) is 0.707. The predicted octanol–water partition coefficient (Wildman–Crippen LogP) is 3.68. The third kappa shape index (κ3) is 2.84. The highest BCUT2D eigenvalue weighted by Crippen LogP contribution is 2.26. The van der Waals surface area contributed by atoms with Gasteiger partial charge in [-0.15, -0.1) is 0 Å². The summed E-state index contributed by atoms with van der Waals surface area (Å²) >= 11 is 0. The van der Waals surface area contributed by atoms with E-state index < -0.39 is 0 Å². The molecule has 0 unspecified atom stereocenters. The highest BCUT2D eigenvalue weighted by atomic mass is 16.5. The Kier molecular flexibility index (Phi) is 4.53. The maximum atomic E-state index is 10.7. The van der Waals surface area contributed by atoms with Gasteiger partial charge in [-0.2, -0.15) is 0 Å². The molecule has 0 spiro atoms. The molecule has 0 aliphatic carbocycles. The number of aryl methyl sites for hydroxylation is 2. The molecule has 2 nitrogen and oxygen atoms in total. The van der Waals surface area contributed by atoms with E-state index in [9.17, 15) is 4.79 Å². The van der Waals surface area contributed by atoms with Crippen LogP contribution in [0.3, 0.4) is 0 Å². The average molecular weight is 220 g/mol. The first-order valence-corrected chi connectivity index (χ1v) is 5.85. The number of rotatable bonds is 5. The monoisotopic (exact) mass is 220 g/mol. The molecule has 0 aliphatic heterocycles. The predicted molar refractivity (Wildman–Crippen MR) is 66.3 cm³/mol. The lowest BCUT2D eigenvalue weighted by atomic mass is 10.1. The van der Waals surface area contributed by atoms with Gasteiger partial charge in [-0.05, 0) is 49.9 Å². The van der Waals surface area contributed by atoms with Gasteiger partial charge >= 0.3 is 0 Å². The molecule has 0 amide bonds. The van der Waals surface area contributed by atoms with Crippen molar-refractivity contribution in [3.63, 3.8) is 0 Å². The van der Waals surface area contributed by atoms with Crippen LogP contribution in [0.15, 0.2) is 12.1 Å². The minimum Gasteiger partial charge on any atom is -0.490 e. The van der Waals surface area contributed by atoms with Crippen LogP contribution in [0.2, 0.25) is 0 Å². The van der Waals surface area contributed by atoms with Gasteiger partial charge in [0.1, 0.15) is 12.0 Å². The van der Waals surface area contributed by atoms with E-state index in [2.05, 4.69) is 13.8 Å². The van der Waals surface area contributed by atoms with E-state index in [1.807, 2.05) is 26.0 Å². The van der Waals surface area contributed by atoms with Gasteiger partial charge in [0, 0.05) is 5.56 Å². The summed E-state index contributed by atoms with van der Waals surface area (Å²) in [5, 5.41) is 0. The van der Waals surface area contributed by atoms with Crippen molar-refractivity contribution in [2.45, 2.75) is 46.6 Å². The fourth-order valence-electron chi connectivity index (χ4n) is 1.86. The maximum Gasteiger partial charge on any atom is 0.150 e. The molecule has 0 bridgehead atoms. The van der Waals surface area contributed by atoms with Crippen molar-refractivity contribution in [3.8, 4) is 5.75 Å². The summed E-state index contributed by atoms with van der Waals surface area (Å²) in [4.78, 5) is 10.7. The van der Waals surface area contributed by atoms with Crippen LogP contribution in [0, 0.1) is 13.8 Å². The molecule has 0 aromatic heterocycles. The van der Waals surface area contributed by atoms with Gasteiger partial charge < -0.3 is 4.74 Å². The first-order valence-electron chi connectivity index (χ1n) is 5.85. The Labute approximate surface area is 97.6 Å². The molecule has 0 saturated heterocycles. The van der Waals surface area contributed by atoms with Gasteiger partial charge in [0.05, 0.1) is 6.10 Å². The van der Waals surface area contributed by atoms with Crippen LogP contribution in [-0.4, -0.2) is 12.4 Å². The number of benzene rings is 1. The molecule has 1 rings (SSSR count). The minimum atomic E-state index is 0.263. The SMILES string of the molecule is CCC(CC)Oc1c(C)cc(C=O)cc1C. The van der Waals surface area contributed by atoms with Crippen LogP contribution in [0.4, 0.5) is 0 Å². The fraction of sp³-hybridized carbons (Fsp3) is 0.500. The van der Waals surface area contributed by atoms with Gasteiger partial charge in [0.2, 0.25) is 0 Å². The van der Waals surface area contributed by atoms with E-state index in [1.54, 1.807) is 0 Å². The number of ether oxygens (including phenoxy) is 1. The van der Waals surface area contributed by atoms with E-state index in [-0.39, 0.29) is 6.10 Å². The van der Waals surface area contributed by atoms with Gasteiger partial charge in [-0.1, -0.05) is 13.8 Å². The van der Waals surface area contributed by atoms with E-state index >= 15 is 0 Å². The highest BCUT2D eigenvalue weighted by Gasteiger charge is 2.11. The Hall–Kier alpha value is -1.31. The lowest BCUT2D eigenvalue weighted by molar-refractivity contribution is 0.112. The Morgan fingerprint density at radius 2 is 1.69 bits per heavy atom. The highest BCUT2D eigenvalue weighted by molar-refractivity contribution is 5.76. The molecular weight excluding hydrogens is 200 g/mol. The van der Waals surface area contributed by atoms with Crippen molar-refractivity contribution in [1.82, 2.24) is 0 Å². The van der Waals surface area contributed by atoms with Gasteiger partial charge in [-0.25, -0.2) is 0 Å². The Bertz CT molecular complexity index is 342. The average Bonchev–Trinajstić information content (AvgIpc) is 2.28. The van der Waals surface area contributed by atoms with Gasteiger partial charge in [0.15, 0.2) is 0 Å². The molecule has 0 saturated carbocycles. The molecule has 88 valence electrons. The van der Waals surface area contributed by atoms with Gasteiger partial charge in [-0.3, -0.25) is 4.79 Å². The van der Waals surface area contributed by atoms with Crippen molar-refractivity contribution in [1.29, 1.82) is 0 Å². The number of hydrogen-bond acceptors (Lipinski definition) is 2. The van der Waals surface area contributed by atoms with Crippen LogP contribution in [-0.2, 0) is 0 Å². The second kappa shape index (κ2) is 5.69. The topological polar surface area (TPSA) is 26.3 Å². The summed E-state index contributed by atoms with van der Waals surface area (Å²) in [5.74, 6) is 0.930. The zero-order valence-corrected chi connectivity index (χ0v) is 10.5. The number of carbonyl (C=O) groups is 1. The smallest absolute Gasteiger partial charge is 0.150 e. The second-order valence-electron chi connectivity index (χ2n) is 4.16. The molecule has 0 atom stereocenters.